The van der Waals surface area contributed by atoms with E-state index < -0.39 is 39.7 Å². The summed E-state index contributed by atoms with van der Waals surface area (Å²) in [4.78, 5) is 16.9. The van der Waals surface area contributed by atoms with Crippen LogP contribution in [0.15, 0.2) is 72.2 Å². The van der Waals surface area contributed by atoms with Gasteiger partial charge in [0.25, 0.3) is 0 Å². The van der Waals surface area contributed by atoms with E-state index >= 15 is 0 Å². The van der Waals surface area contributed by atoms with Crippen molar-refractivity contribution in [3.8, 4) is 0 Å². The molecule has 0 aliphatic rings. The van der Waals surface area contributed by atoms with Gasteiger partial charge in [-0.05, 0) is 24.0 Å². The highest BCUT2D eigenvalue weighted by Gasteiger charge is 2.29. The van der Waals surface area contributed by atoms with Gasteiger partial charge in [0.15, 0.2) is 9.84 Å². The number of nitrogens with two attached hydrogens (primary N) is 1. The van der Waals surface area contributed by atoms with E-state index in [0.717, 1.165) is 5.56 Å². The van der Waals surface area contributed by atoms with Crippen LogP contribution < -0.4 is 11.1 Å². The van der Waals surface area contributed by atoms with Crippen molar-refractivity contribution >= 4 is 27.1 Å². The number of sulfone groups is 1. The Morgan fingerprint density at radius 2 is 1.69 bits per heavy atom. The van der Waals surface area contributed by atoms with Crippen LogP contribution in [0.25, 0.3) is 0 Å². The predicted octanol–water partition coefficient (Wildman–Crippen LogP) is 2.24. The lowest BCUT2D eigenvalue weighted by Gasteiger charge is -2.24. The van der Waals surface area contributed by atoms with E-state index in [-0.39, 0.29) is 5.75 Å². The third kappa shape index (κ3) is 7.23. The van der Waals surface area contributed by atoms with Crippen molar-refractivity contribution in [1.29, 1.82) is 0 Å². The van der Waals surface area contributed by atoms with Crippen LogP contribution in [0.3, 0.4) is 0 Å². The molecule has 7 nitrogen and oxygen atoms in total. The molecule has 1 aromatic heterocycles. The Morgan fingerprint density at radius 1 is 1.06 bits per heavy atom. The maximum absolute atomic E-state index is 12.7. The zero-order valence-electron chi connectivity index (χ0n) is 17.5. The SMILES string of the molecule is NC(CS(=O)(=O)Cc1ccccc1)C(=O)NC(CCc1ccccc1)C(O)c1nccs1. The molecule has 3 atom stereocenters. The van der Waals surface area contributed by atoms with Crippen molar-refractivity contribution in [3.05, 3.63) is 88.4 Å². The molecule has 3 unspecified atom stereocenters. The van der Waals surface area contributed by atoms with Gasteiger partial charge in [0, 0.05) is 11.6 Å². The summed E-state index contributed by atoms with van der Waals surface area (Å²) in [6, 6.07) is 16.6. The molecule has 4 N–H and O–H groups in total. The summed E-state index contributed by atoms with van der Waals surface area (Å²) < 4.78 is 25.0. The number of amides is 1. The van der Waals surface area contributed by atoms with Crippen molar-refractivity contribution in [3.63, 3.8) is 0 Å². The first kappa shape index (κ1) is 24.1. The summed E-state index contributed by atoms with van der Waals surface area (Å²) >= 11 is 1.29. The molecule has 2 aromatic carbocycles. The van der Waals surface area contributed by atoms with Gasteiger partial charge in [0.05, 0.1) is 23.6 Å². The monoisotopic (exact) mass is 473 g/mol. The van der Waals surface area contributed by atoms with E-state index in [9.17, 15) is 18.3 Å². The lowest BCUT2D eigenvalue weighted by Crippen LogP contribution is -2.50. The molecule has 0 saturated heterocycles. The summed E-state index contributed by atoms with van der Waals surface area (Å²) in [6.45, 7) is 0. The summed E-state index contributed by atoms with van der Waals surface area (Å²) in [7, 11) is -3.59. The van der Waals surface area contributed by atoms with Crippen LogP contribution in [0.1, 0.15) is 28.7 Å². The summed E-state index contributed by atoms with van der Waals surface area (Å²) in [5, 5.41) is 15.8. The van der Waals surface area contributed by atoms with Gasteiger partial charge >= 0.3 is 0 Å². The number of aliphatic hydroxyl groups is 1. The summed E-state index contributed by atoms with van der Waals surface area (Å²) in [5.41, 5.74) is 7.65. The van der Waals surface area contributed by atoms with Gasteiger partial charge < -0.3 is 16.2 Å². The molecule has 3 rings (SSSR count). The number of aliphatic hydroxyl groups excluding tert-OH is 1. The van der Waals surface area contributed by atoms with Crippen LogP contribution >= 0.6 is 11.3 Å². The minimum Gasteiger partial charge on any atom is -0.384 e. The molecule has 0 bridgehead atoms. The highest BCUT2D eigenvalue weighted by Crippen LogP contribution is 2.22. The van der Waals surface area contributed by atoms with Crippen LogP contribution in [0.2, 0.25) is 0 Å². The molecule has 3 aromatic rings. The average molecular weight is 474 g/mol. The minimum atomic E-state index is -3.59. The molecular weight excluding hydrogens is 446 g/mol. The van der Waals surface area contributed by atoms with Crippen molar-refractivity contribution in [2.45, 2.75) is 36.8 Å². The van der Waals surface area contributed by atoms with Gasteiger partial charge in [-0.1, -0.05) is 60.7 Å². The number of rotatable bonds is 11. The van der Waals surface area contributed by atoms with Gasteiger partial charge in [0.2, 0.25) is 5.91 Å². The molecule has 0 aliphatic heterocycles. The largest absolute Gasteiger partial charge is 0.384 e. The van der Waals surface area contributed by atoms with Gasteiger partial charge in [-0.2, -0.15) is 0 Å². The van der Waals surface area contributed by atoms with Crippen LogP contribution in [0.5, 0.6) is 0 Å². The van der Waals surface area contributed by atoms with E-state index in [1.165, 1.54) is 11.3 Å². The van der Waals surface area contributed by atoms with E-state index in [1.807, 2.05) is 30.3 Å². The highest BCUT2D eigenvalue weighted by atomic mass is 32.2. The van der Waals surface area contributed by atoms with Crippen LogP contribution in [-0.2, 0) is 26.8 Å². The Labute approximate surface area is 192 Å². The molecule has 170 valence electrons. The molecule has 0 fully saturated rings. The third-order valence-electron chi connectivity index (χ3n) is 5.00. The van der Waals surface area contributed by atoms with Crippen molar-refractivity contribution in [1.82, 2.24) is 10.3 Å². The van der Waals surface area contributed by atoms with Gasteiger partial charge in [-0.15, -0.1) is 11.3 Å². The number of carbonyl (C=O) groups excluding carboxylic acids is 1. The molecule has 1 amide bonds. The van der Waals surface area contributed by atoms with E-state index in [1.54, 1.807) is 41.9 Å². The fourth-order valence-electron chi connectivity index (χ4n) is 3.35. The van der Waals surface area contributed by atoms with Crippen LogP contribution in [0, 0.1) is 0 Å². The number of hydrogen-bond acceptors (Lipinski definition) is 7. The van der Waals surface area contributed by atoms with Gasteiger partial charge in [0.1, 0.15) is 11.1 Å². The quantitative estimate of drug-likeness (QED) is 0.393. The second-order valence-electron chi connectivity index (χ2n) is 7.60. The molecule has 0 spiro atoms. The Bertz CT molecular complexity index is 1070. The smallest absolute Gasteiger partial charge is 0.238 e. The lowest BCUT2D eigenvalue weighted by molar-refractivity contribution is -0.123. The number of nitrogens with one attached hydrogen (secondary N) is 1. The molecule has 32 heavy (non-hydrogen) atoms. The molecule has 0 radical (unpaired) electrons. The minimum absolute atomic E-state index is 0.187. The second-order valence-corrected chi connectivity index (χ2v) is 10.6. The van der Waals surface area contributed by atoms with Crippen molar-refractivity contribution in [2.75, 3.05) is 5.75 Å². The summed E-state index contributed by atoms with van der Waals surface area (Å²) in [6.07, 6.45) is 1.63. The maximum atomic E-state index is 12.7. The number of thiazole rings is 1. The van der Waals surface area contributed by atoms with Gasteiger partial charge in [-0.3, -0.25) is 4.79 Å². The fourth-order valence-corrected chi connectivity index (χ4v) is 5.56. The normalized spacial score (nSPS) is 14.4. The zero-order valence-corrected chi connectivity index (χ0v) is 19.1. The van der Waals surface area contributed by atoms with Crippen LogP contribution in [0.4, 0.5) is 0 Å². The van der Waals surface area contributed by atoms with Gasteiger partial charge in [-0.25, -0.2) is 13.4 Å². The number of benzene rings is 2. The summed E-state index contributed by atoms with van der Waals surface area (Å²) in [5.74, 6) is -1.28. The molecular formula is C23H27N3O4S2. The molecule has 1 heterocycles. The number of aryl methyl sites for hydroxylation is 1. The van der Waals surface area contributed by atoms with E-state index in [2.05, 4.69) is 10.3 Å². The highest BCUT2D eigenvalue weighted by molar-refractivity contribution is 7.90. The number of nitrogens with zero attached hydrogens (tertiary/aromatic N) is 1. The third-order valence-corrected chi connectivity index (χ3v) is 7.49. The average Bonchev–Trinajstić information content (AvgIpc) is 3.31. The van der Waals surface area contributed by atoms with E-state index in [4.69, 9.17) is 5.73 Å². The Morgan fingerprint density at radius 3 is 2.28 bits per heavy atom. The van der Waals surface area contributed by atoms with E-state index in [0.29, 0.717) is 23.4 Å². The fraction of sp³-hybridized carbons (Fsp3) is 0.304. The van der Waals surface area contributed by atoms with Crippen molar-refractivity contribution < 1.29 is 18.3 Å². The van der Waals surface area contributed by atoms with Crippen molar-refractivity contribution in [2.24, 2.45) is 5.73 Å². The second kappa shape index (κ2) is 11.3. The topological polar surface area (TPSA) is 122 Å². The van der Waals surface area contributed by atoms with Crippen LogP contribution in [-0.4, -0.2) is 42.3 Å². The first-order chi connectivity index (χ1) is 15.3. The number of carbonyl (C=O) groups is 1. The Kier molecular flexibility index (Phi) is 8.52. The molecule has 9 heteroatoms. The predicted molar refractivity (Wildman–Crippen MR) is 126 cm³/mol. The number of aromatic nitrogens is 1. The zero-order chi connectivity index (χ0) is 23.0. The molecule has 0 aliphatic carbocycles. The number of hydrogen-bond donors (Lipinski definition) is 3. The first-order valence-corrected chi connectivity index (χ1v) is 13.0. The standard InChI is InChI=1S/C23H27N3O4S2/c24-19(16-32(29,30)15-18-9-5-2-6-10-18)22(28)26-20(21(27)23-25-13-14-31-23)12-11-17-7-3-1-4-8-17/h1-10,13-14,19-21,27H,11-12,15-16,24H2,(H,26,28). The Hall–Kier alpha value is -2.59. The molecule has 0 saturated carbocycles. The maximum Gasteiger partial charge on any atom is 0.238 e. The lowest BCUT2D eigenvalue weighted by atomic mass is 10.0. The first-order valence-electron chi connectivity index (χ1n) is 10.3. The Balaban J connectivity index is 1.65.